The summed E-state index contributed by atoms with van der Waals surface area (Å²) >= 11 is 0. The quantitative estimate of drug-likeness (QED) is 0.581. The Morgan fingerprint density at radius 1 is 1.24 bits per heavy atom. The van der Waals surface area contributed by atoms with E-state index >= 15 is 0 Å². The zero-order chi connectivity index (χ0) is 24.5. The monoisotopic (exact) mass is 474 g/mol. The number of likely N-dealkylation sites (tertiary alicyclic amines) is 1. The van der Waals surface area contributed by atoms with Crippen LogP contribution in [0.5, 0.6) is 0 Å². The molecule has 180 valence electrons. The van der Waals surface area contributed by atoms with Crippen molar-refractivity contribution in [3.05, 3.63) is 53.1 Å². The van der Waals surface area contributed by atoms with E-state index < -0.39 is 11.7 Å². The van der Waals surface area contributed by atoms with Crippen molar-refractivity contribution in [3.8, 4) is 11.5 Å². The Morgan fingerprint density at radius 3 is 2.62 bits per heavy atom. The second kappa shape index (κ2) is 9.40. The van der Waals surface area contributed by atoms with Gasteiger partial charge >= 0.3 is 6.18 Å². The van der Waals surface area contributed by atoms with Crippen LogP contribution in [0.2, 0.25) is 0 Å². The third kappa shape index (κ3) is 5.02. The third-order valence-corrected chi connectivity index (χ3v) is 5.99. The van der Waals surface area contributed by atoms with Crippen molar-refractivity contribution in [2.24, 2.45) is 5.92 Å². The van der Waals surface area contributed by atoms with E-state index in [4.69, 9.17) is 4.52 Å². The Morgan fingerprint density at radius 2 is 1.97 bits per heavy atom. The molecule has 1 N–H and O–H groups in total. The second-order valence-electron chi connectivity index (χ2n) is 8.56. The first-order valence-electron chi connectivity index (χ1n) is 11.0. The minimum absolute atomic E-state index is 0.0794. The number of alkyl halides is 3. The van der Waals surface area contributed by atoms with Gasteiger partial charge in [0.1, 0.15) is 0 Å². The van der Waals surface area contributed by atoms with Crippen LogP contribution in [0.1, 0.15) is 47.1 Å². The summed E-state index contributed by atoms with van der Waals surface area (Å²) in [5.41, 5.74) is 1.03. The molecule has 1 amide bonds. The average molecular weight is 474 g/mol. The van der Waals surface area contributed by atoms with Gasteiger partial charge in [-0.15, -0.1) is 0 Å². The van der Waals surface area contributed by atoms with Crippen molar-refractivity contribution in [3.63, 3.8) is 0 Å². The van der Waals surface area contributed by atoms with E-state index in [1.807, 2.05) is 13.0 Å². The van der Waals surface area contributed by atoms with E-state index in [2.05, 4.69) is 32.3 Å². The highest BCUT2D eigenvalue weighted by atomic mass is 19.4. The normalized spacial score (nSPS) is 18.7. The molecule has 11 heteroatoms. The number of benzene rings is 1. The molecule has 0 radical (unpaired) electrons. The molecule has 0 unspecified atom stereocenters. The van der Waals surface area contributed by atoms with E-state index in [0.29, 0.717) is 30.0 Å². The fraction of sp³-hybridized carbons (Fsp3) is 0.435. The maximum Gasteiger partial charge on any atom is 0.419 e. The topological polar surface area (TPSA) is 97.0 Å². The predicted octanol–water partition coefficient (Wildman–Crippen LogP) is 4.52. The molecule has 1 fully saturated rings. The van der Waals surface area contributed by atoms with Crippen molar-refractivity contribution in [1.29, 1.82) is 0 Å². The van der Waals surface area contributed by atoms with Crippen molar-refractivity contribution >= 4 is 11.9 Å². The summed E-state index contributed by atoms with van der Waals surface area (Å²) in [5, 5.41) is 6.83. The summed E-state index contributed by atoms with van der Waals surface area (Å²) < 4.78 is 43.6. The van der Waals surface area contributed by atoms with E-state index in [1.54, 1.807) is 24.0 Å². The van der Waals surface area contributed by atoms with Crippen molar-refractivity contribution in [2.75, 3.05) is 18.4 Å². The van der Waals surface area contributed by atoms with Gasteiger partial charge in [0, 0.05) is 25.5 Å². The van der Waals surface area contributed by atoms with Crippen LogP contribution in [0.3, 0.4) is 0 Å². The van der Waals surface area contributed by atoms with Gasteiger partial charge in [0.15, 0.2) is 5.82 Å². The lowest BCUT2D eigenvalue weighted by atomic mass is 9.89. The molecule has 2 atom stereocenters. The molecule has 8 nitrogen and oxygen atoms in total. The summed E-state index contributed by atoms with van der Waals surface area (Å²) in [5.74, 6) is 0.827. The van der Waals surface area contributed by atoms with Crippen LogP contribution >= 0.6 is 0 Å². The smallest absolute Gasteiger partial charge is 0.352 e. The van der Waals surface area contributed by atoms with Crippen molar-refractivity contribution in [1.82, 2.24) is 25.0 Å². The van der Waals surface area contributed by atoms with Crippen LogP contribution < -0.4 is 5.32 Å². The van der Waals surface area contributed by atoms with Crippen LogP contribution in [0.25, 0.3) is 11.5 Å². The molecule has 2 aromatic heterocycles. The van der Waals surface area contributed by atoms with E-state index in [9.17, 15) is 18.0 Å². The minimum Gasteiger partial charge on any atom is -0.352 e. The van der Waals surface area contributed by atoms with Gasteiger partial charge in [-0.05, 0) is 44.7 Å². The number of rotatable bonds is 5. The number of anilines is 1. The molecular weight excluding hydrogens is 449 g/mol. The van der Waals surface area contributed by atoms with Crippen LogP contribution in [0.4, 0.5) is 19.1 Å². The lowest BCUT2D eigenvalue weighted by molar-refractivity contribution is -0.138. The van der Waals surface area contributed by atoms with E-state index in [-0.39, 0.29) is 29.7 Å². The Bertz CT molecular complexity index is 1160. The molecule has 1 aliphatic heterocycles. The maximum absolute atomic E-state index is 13.7. The molecule has 0 spiro atoms. The van der Waals surface area contributed by atoms with Gasteiger partial charge in [0.2, 0.25) is 5.95 Å². The number of nitrogens with zero attached hydrogens (tertiary/aromatic N) is 5. The van der Waals surface area contributed by atoms with Gasteiger partial charge in [0.05, 0.1) is 22.7 Å². The van der Waals surface area contributed by atoms with Gasteiger partial charge in [-0.1, -0.05) is 23.7 Å². The number of carbonyl (C=O) groups excluding carboxylic acids is 1. The molecule has 0 bridgehead atoms. The zero-order valence-electron chi connectivity index (χ0n) is 19.1. The van der Waals surface area contributed by atoms with E-state index in [1.165, 1.54) is 0 Å². The highest BCUT2D eigenvalue weighted by Gasteiger charge is 2.34. The fourth-order valence-corrected chi connectivity index (χ4v) is 4.16. The molecule has 3 heterocycles. The molecule has 1 saturated heterocycles. The SMILES string of the molecule is Cc1ccc(-c2nc(C)no2)c(C(=O)N2CCC[C@@H](C)[C@H]2CNc2ncc(C(F)(F)F)cn2)c1. The summed E-state index contributed by atoms with van der Waals surface area (Å²) in [7, 11) is 0. The summed E-state index contributed by atoms with van der Waals surface area (Å²) in [4.78, 5) is 27.4. The first-order valence-corrected chi connectivity index (χ1v) is 11.0. The highest BCUT2D eigenvalue weighted by molar-refractivity contribution is 6.00. The van der Waals surface area contributed by atoms with Gasteiger partial charge in [-0.3, -0.25) is 4.79 Å². The van der Waals surface area contributed by atoms with Crippen molar-refractivity contribution < 1.29 is 22.5 Å². The van der Waals surface area contributed by atoms with E-state index in [0.717, 1.165) is 30.8 Å². The Kier molecular flexibility index (Phi) is 6.54. The Labute approximate surface area is 194 Å². The zero-order valence-corrected chi connectivity index (χ0v) is 19.1. The number of piperidine rings is 1. The van der Waals surface area contributed by atoms with Gasteiger partial charge < -0.3 is 14.7 Å². The minimum atomic E-state index is -4.50. The Balaban J connectivity index is 1.57. The fourth-order valence-electron chi connectivity index (χ4n) is 4.16. The average Bonchev–Trinajstić information content (AvgIpc) is 3.23. The summed E-state index contributed by atoms with van der Waals surface area (Å²) in [6.45, 7) is 6.52. The molecule has 1 aromatic carbocycles. The number of amides is 1. The van der Waals surface area contributed by atoms with Crippen LogP contribution in [0, 0.1) is 19.8 Å². The third-order valence-electron chi connectivity index (χ3n) is 5.99. The standard InChI is InChI=1S/C23H25F3N6O2/c1-13-6-7-17(20-30-15(3)31-34-20)18(9-13)21(33)32-8-4-5-14(2)19(32)12-29-22-27-10-16(11-28-22)23(24,25)26/h6-7,9-11,14,19H,4-5,8,12H2,1-3H3,(H,27,28,29)/t14-,19-/m1/s1. The van der Waals surface area contributed by atoms with Crippen LogP contribution in [0.15, 0.2) is 35.1 Å². The molecule has 34 heavy (non-hydrogen) atoms. The number of aromatic nitrogens is 4. The lowest BCUT2D eigenvalue weighted by Crippen LogP contribution is -2.51. The largest absolute Gasteiger partial charge is 0.419 e. The first-order chi connectivity index (χ1) is 16.1. The molecular formula is C23H25F3N6O2. The number of carbonyl (C=O) groups is 1. The number of hydrogen-bond donors (Lipinski definition) is 1. The molecule has 1 aliphatic rings. The van der Waals surface area contributed by atoms with Gasteiger partial charge in [-0.2, -0.15) is 18.2 Å². The summed E-state index contributed by atoms with van der Waals surface area (Å²) in [6, 6.07) is 5.28. The molecule has 0 aliphatic carbocycles. The van der Waals surface area contributed by atoms with Crippen LogP contribution in [-0.4, -0.2) is 50.0 Å². The van der Waals surface area contributed by atoms with Crippen LogP contribution in [-0.2, 0) is 6.18 Å². The first kappa shape index (κ1) is 23.7. The van der Waals surface area contributed by atoms with Crippen molar-refractivity contribution in [2.45, 2.75) is 45.8 Å². The number of halogens is 3. The second-order valence-corrected chi connectivity index (χ2v) is 8.56. The number of hydrogen-bond acceptors (Lipinski definition) is 7. The maximum atomic E-state index is 13.7. The lowest BCUT2D eigenvalue weighted by Gasteiger charge is -2.40. The number of aryl methyl sites for hydroxylation is 2. The molecule has 4 rings (SSSR count). The van der Waals surface area contributed by atoms with Gasteiger partial charge in [0.25, 0.3) is 11.8 Å². The summed E-state index contributed by atoms with van der Waals surface area (Å²) in [6.07, 6.45) is -1.24. The Hall–Kier alpha value is -3.50. The molecule has 3 aromatic rings. The molecule has 0 saturated carbocycles. The predicted molar refractivity (Wildman–Crippen MR) is 118 cm³/mol. The highest BCUT2D eigenvalue weighted by Crippen LogP contribution is 2.30. The number of nitrogens with one attached hydrogen (secondary N) is 1. The van der Waals surface area contributed by atoms with Gasteiger partial charge in [-0.25, -0.2) is 9.97 Å².